The minimum Gasteiger partial charge on any atom is -0.478 e. The molecule has 0 bridgehead atoms. The van der Waals surface area contributed by atoms with Crippen LogP contribution in [0.3, 0.4) is 0 Å². The molecule has 0 aliphatic rings. The van der Waals surface area contributed by atoms with Gasteiger partial charge in [0.1, 0.15) is 4.90 Å². The Morgan fingerprint density at radius 2 is 1.72 bits per heavy atom. The molecular weight excluding hydrogens is 385 g/mol. The van der Waals surface area contributed by atoms with Gasteiger partial charge in [0.25, 0.3) is 0 Å². The van der Waals surface area contributed by atoms with Crippen molar-refractivity contribution in [3.05, 3.63) is 52.5 Å². The molecule has 3 rings (SSSR count). The third-order valence-corrected chi connectivity index (χ3v) is 5.94. The van der Waals surface area contributed by atoms with Crippen molar-refractivity contribution >= 4 is 37.7 Å². The van der Waals surface area contributed by atoms with Crippen molar-refractivity contribution in [2.45, 2.75) is 18.4 Å². The lowest BCUT2D eigenvalue weighted by Crippen LogP contribution is -2.07. The van der Waals surface area contributed by atoms with Crippen LogP contribution >= 0.6 is 21.6 Å². The molecule has 1 N–H and O–H groups in total. The van der Waals surface area contributed by atoms with Gasteiger partial charge in [-0.15, -0.1) is 11.3 Å². The Bertz CT molecular complexity index is 988. The maximum Gasteiger partial charge on any atom is 0.338 e. The fourth-order valence-corrected chi connectivity index (χ4v) is 4.33. The number of carboxylic acid groups (broad SMARTS) is 1. The first-order valence-corrected chi connectivity index (χ1v) is 9.67. The smallest absolute Gasteiger partial charge is 0.338 e. The van der Waals surface area contributed by atoms with E-state index in [1.165, 1.54) is 11.3 Å². The number of benzene rings is 1. The lowest BCUT2D eigenvalue weighted by molar-refractivity contribution is 0.0698. The van der Waals surface area contributed by atoms with Crippen LogP contribution in [0.1, 0.15) is 20.8 Å². The van der Waals surface area contributed by atoms with Gasteiger partial charge in [-0.3, -0.25) is 0 Å². The van der Waals surface area contributed by atoms with Gasteiger partial charge in [-0.05, 0) is 30.7 Å². The van der Waals surface area contributed by atoms with E-state index in [2.05, 4.69) is 0 Å². The fraction of sp³-hybridized carbons (Fsp3) is 0.133. The molecule has 0 fully saturated rings. The Morgan fingerprint density at radius 3 is 2.24 bits per heavy atom. The van der Waals surface area contributed by atoms with Crippen LogP contribution in [-0.2, 0) is 6.54 Å². The van der Waals surface area contributed by atoms with E-state index in [4.69, 9.17) is 0 Å². The average Bonchev–Trinajstić information content (AvgIpc) is 2.95. The molecule has 0 unspecified atom stereocenters. The topological polar surface area (TPSA) is 42.2 Å². The first kappa shape index (κ1) is 17.7. The summed E-state index contributed by atoms with van der Waals surface area (Å²) in [6.07, 6.45) is 1.62. The van der Waals surface area contributed by atoms with Crippen molar-refractivity contribution in [1.82, 2.24) is 4.57 Å². The summed E-state index contributed by atoms with van der Waals surface area (Å²) in [6.45, 7) is 1.74. The molecule has 10 heteroatoms. The van der Waals surface area contributed by atoms with Gasteiger partial charge >= 0.3 is 16.2 Å². The first-order valence-electron chi connectivity index (χ1n) is 6.91. The Balaban J connectivity index is 1.99. The van der Waals surface area contributed by atoms with E-state index in [1.807, 2.05) is 0 Å². The summed E-state index contributed by atoms with van der Waals surface area (Å²) in [6, 6.07) is 4.36. The zero-order valence-corrected chi connectivity index (χ0v) is 14.3. The first-order chi connectivity index (χ1) is 11.3. The van der Waals surface area contributed by atoms with Crippen molar-refractivity contribution < 1.29 is 29.3 Å². The van der Waals surface area contributed by atoms with E-state index in [0.29, 0.717) is 28.1 Å². The molecule has 1 aromatic carbocycles. The lowest BCUT2D eigenvalue weighted by Gasteiger charge is -2.40. The summed E-state index contributed by atoms with van der Waals surface area (Å²) in [5.74, 6) is -1.10. The number of nitrogens with zero attached hydrogens (tertiary/aromatic N) is 1. The Labute approximate surface area is 143 Å². The van der Waals surface area contributed by atoms with Crippen LogP contribution in [0.25, 0.3) is 10.2 Å². The molecule has 0 aliphatic carbocycles. The second-order valence-electron chi connectivity index (χ2n) is 5.61. The molecule has 0 radical (unpaired) electrons. The van der Waals surface area contributed by atoms with E-state index in [0.717, 1.165) is 16.8 Å². The number of fused-ring (bicyclic) bond motifs is 1. The van der Waals surface area contributed by atoms with Crippen LogP contribution in [0, 0.1) is 6.92 Å². The molecule has 0 spiro atoms. The van der Waals surface area contributed by atoms with Crippen molar-refractivity contribution in [2.75, 3.05) is 0 Å². The van der Waals surface area contributed by atoms with E-state index in [-0.39, 0.29) is 12.1 Å². The second kappa shape index (κ2) is 4.76. The van der Waals surface area contributed by atoms with Gasteiger partial charge in [-0.1, -0.05) is 31.6 Å². The molecule has 25 heavy (non-hydrogen) atoms. The Hall–Kier alpha value is -2.07. The summed E-state index contributed by atoms with van der Waals surface area (Å²) < 4.78 is 66.0. The number of carbonyl (C=O) groups is 1. The van der Waals surface area contributed by atoms with Gasteiger partial charge in [0.05, 0.1) is 15.8 Å². The van der Waals surface area contributed by atoms with Crippen molar-refractivity contribution in [1.29, 1.82) is 0 Å². The predicted octanol–water partition coefficient (Wildman–Crippen LogP) is 6.42. The van der Waals surface area contributed by atoms with E-state index in [1.54, 1.807) is 23.8 Å². The number of aromatic nitrogens is 1. The number of thiophene rings is 1. The average molecular weight is 397 g/mol. The van der Waals surface area contributed by atoms with Gasteiger partial charge < -0.3 is 9.67 Å². The zero-order chi connectivity index (χ0) is 18.7. The normalized spacial score (nSPS) is 15.1. The highest BCUT2D eigenvalue weighted by atomic mass is 32.5. The maximum absolute atomic E-state index is 12.7. The van der Waals surface area contributed by atoms with Crippen molar-refractivity contribution in [3.63, 3.8) is 0 Å². The number of halogens is 5. The van der Waals surface area contributed by atoms with Gasteiger partial charge in [-0.25, -0.2) is 4.79 Å². The molecule has 0 atom stereocenters. The SMILES string of the molecule is Cc1sc2ccn(Cc3ccc(S(F)(F)(F)(F)F)cc3)c2c1C(=O)O. The maximum atomic E-state index is 12.7. The van der Waals surface area contributed by atoms with Crippen LogP contribution in [0.5, 0.6) is 0 Å². The van der Waals surface area contributed by atoms with Gasteiger partial charge in [-0.2, -0.15) is 0 Å². The fourth-order valence-electron chi connectivity index (χ4n) is 2.62. The third kappa shape index (κ3) is 3.36. The van der Waals surface area contributed by atoms with Crippen molar-refractivity contribution in [2.24, 2.45) is 0 Å². The van der Waals surface area contributed by atoms with Crippen LogP contribution in [0.15, 0.2) is 41.4 Å². The molecule has 2 heterocycles. The standard InChI is InChI=1S/C15H12F5NO2S2/c1-9-13(15(22)23)14-12(24-9)6-7-21(14)8-10-2-4-11(5-3-10)25(16,17,18,19)20/h2-7H,8H2,1H3,(H,22,23). The van der Waals surface area contributed by atoms with E-state index in [9.17, 15) is 29.3 Å². The molecule has 0 aliphatic heterocycles. The predicted molar refractivity (Wildman–Crippen MR) is 88.5 cm³/mol. The second-order valence-corrected chi connectivity index (χ2v) is 9.27. The summed E-state index contributed by atoms with van der Waals surface area (Å²) >= 11 is 1.30. The third-order valence-electron chi connectivity index (χ3n) is 3.71. The highest BCUT2D eigenvalue weighted by Gasteiger charge is 2.65. The molecule has 136 valence electrons. The Morgan fingerprint density at radius 1 is 1.12 bits per heavy atom. The molecular formula is C15H12F5NO2S2. The highest BCUT2D eigenvalue weighted by Crippen LogP contribution is 3.02. The number of rotatable bonds is 4. The molecule has 2 aromatic heterocycles. The van der Waals surface area contributed by atoms with Crippen molar-refractivity contribution in [3.8, 4) is 0 Å². The van der Waals surface area contributed by atoms with Gasteiger partial charge in [0.2, 0.25) is 0 Å². The molecule has 0 amide bonds. The van der Waals surface area contributed by atoms with Gasteiger partial charge in [0, 0.05) is 17.6 Å². The number of aryl methyl sites for hydroxylation is 1. The molecule has 3 nitrogen and oxygen atoms in total. The molecule has 0 saturated carbocycles. The highest BCUT2D eigenvalue weighted by molar-refractivity contribution is 8.45. The molecule has 3 aromatic rings. The van der Waals surface area contributed by atoms with Crippen LogP contribution in [0.4, 0.5) is 19.4 Å². The summed E-state index contributed by atoms with van der Waals surface area (Å²) in [5.41, 5.74) is 0.948. The van der Waals surface area contributed by atoms with Crippen LogP contribution in [0.2, 0.25) is 0 Å². The minimum absolute atomic E-state index is 0.0700. The number of aromatic carboxylic acids is 1. The summed E-state index contributed by atoms with van der Waals surface area (Å²) in [4.78, 5) is 10.1. The van der Waals surface area contributed by atoms with E-state index < -0.39 is 21.1 Å². The number of hydrogen-bond acceptors (Lipinski definition) is 2. The lowest BCUT2D eigenvalue weighted by atomic mass is 10.2. The zero-order valence-electron chi connectivity index (χ0n) is 12.7. The summed E-state index contributed by atoms with van der Waals surface area (Å²) in [7, 11) is -9.69. The van der Waals surface area contributed by atoms with E-state index >= 15 is 0 Å². The van der Waals surface area contributed by atoms with Crippen LogP contribution in [-0.4, -0.2) is 15.6 Å². The molecule has 0 saturated heterocycles. The number of carboxylic acids is 1. The number of hydrogen-bond donors (Lipinski definition) is 1. The minimum atomic E-state index is -9.69. The Kier molecular flexibility index (Phi) is 3.38. The largest absolute Gasteiger partial charge is 0.478 e. The monoisotopic (exact) mass is 397 g/mol. The van der Waals surface area contributed by atoms with Crippen LogP contribution < -0.4 is 0 Å². The van der Waals surface area contributed by atoms with Gasteiger partial charge in [0.15, 0.2) is 0 Å². The quantitative estimate of drug-likeness (QED) is 0.517. The summed E-state index contributed by atoms with van der Waals surface area (Å²) in [5, 5.41) is 9.33.